The number of thioether (sulfide) groups is 1. The van der Waals surface area contributed by atoms with Crippen molar-refractivity contribution in [2.45, 2.75) is 31.4 Å². The van der Waals surface area contributed by atoms with Crippen molar-refractivity contribution in [3.8, 4) is 0 Å². The Kier molecular flexibility index (Phi) is 6.29. The van der Waals surface area contributed by atoms with E-state index >= 15 is 0 Å². The van der Waals surface area contributed by atoms with E-state index in [-0.39, 0.29) is 0 Å². The summed E-state index contributed by atoms with van der Waals surface area (Å²) < 4.78 is 24.1. The smallest absolute Gasteiger partial charge is 0.208 e. The highest BCUT2D eigenvalue weighted by Gasteiger charge is 2.17. The van der Waals surface area contributed by atoms with E-state index in [1.165, 1.54) is 19.1 Å². The standard InChI is InChI=1S/C10H21N3O2S2/c1-3-5-9-8-12-10(16-9)11-6-4-7-13-17(2,14)15/h9,13H,3-8H2,1-2H3,(H,11,12). The first-order chi connectivity index (χ1) is 8.01. The molecule has 1 atom stereocenters. The molecule has 1 rings (SSSR count). The number of hydrogen-bond acceptors (Lipinski definition) is 5. The fraction of sp³-hybridized carbons (Fsp3) is 0.900. The normalized spacial score (nSPS) is 20.4. The van der Waals surface area contributed by atoms with Gasteiger partial charge in [-0.25, -0.2) is 13.1 Å². The largest absolute Gasteiger partial charge is 0.365 e. The Hall–Kier alpha value is -0.270. The molecule has 1 unspecified atom stereocenters. The fourth-order valence-corrected chi connectivity index (χ4v) is 3.20. The summed E-state index contributed by atoms with van der Waals surface area (Å²) in [6, 6.07) is 0. The van der Waals surface area contributed by atoms with E-state index in [1.807, 2.05) is 0 Å². The van der Waals surface area contributed by atoms with Gasteiger partial charge in [-0.05, 0) is 12.8 Å². The minimum absolute atomic E-state index is 0.474. The van der Waals surface area contributed by atoms with Crippen LogP contribution in [0, 0.1) is 0 Å². The highest BCUT2D eigenvalue weighted by atomic mass is 32.2. The van der Waals surface area contributed by atoms with Crippen molar-refractivity contribution in [3.63, 3.8) is 0 Å². The summed E-state index contributed by atoms with van der Waals surface area (Å²) in [6.45, 7) is 4.32. The maximum absolute atomic E-state index is 10.8. The van der Waals surface area contributed by atoms with Gasteiger partial charge in [0.05, 0.1) is 12.8 Å². The third kappa shape index (κ3) is 6.90. The van der Waals surface area contributed by atoms with Crippen LogP contribution < -0.4 is 10.0 Å². The lowest BCUT2D eigenvalue weighted by atomic mass is 10.2. The Balaban J connectivity index is 2.05. The molecule has 1 aliphatic heterocycles. The summed E-state index contributed by atoms with van der Waals surface area (Å²) >= 11 is 1.80. The molecule has 0 saturated heterocycles. The highest BCUT2D eigenvalue weighted by molar-refractivity contribution is 8.14. The zero-order valence-electron chi connectivity index (χ0n) is 10.4. The van der Waals surface area contributed by atoms with Crippen molar-refractivity contribution < 1.29 is 8.42 Å². The molecule has 17 heavy (non-hydrogen) atoms. The van der Waals surface area contributed by atoms with Gasteiger partial charge in [-0.3, -0.25) is 4.99 Å². The third-order valence-electron chi connectivity index (χ3n) is 2.32. The summed E-state index contributed by atoms with van der Waals surface area (Å²) in [4.78, 5) is 4.41. The van der Waals surface area contributed by atoms with Crippen LogP contribution in [-0.4, -0.2) is 44.7 Å². The quantitative estimate of drug-likeness (QED) is 0.676. The molecule has 0 bridgehead atoms. The van der Waals surface area contributed by atoms with Crippen molar-refractivity contribution >= 4 is 27.0 Å². The van der Waals surface area contributed by atoms with Crippen LogP contribution in [0.1, 0.15) is 26.2 Å². The maximum Gasteiger partial charge on any atom is 0.208 e. The van der Waals surface area contributed by atoms with Gasteiger partial charge >= 0.3 is 0 Å². The predicted molar refractivity (Wildman–Crippen MR) is 74.1 cm³/mol. The zero-order chi connectivity index (χ0) is 12.7. The van der Waals surface area contributed by atoms with Crippen LogP contribution in [0.15, 0.2) is 4.99 Å². The Morgan fingerprint density at radius 2 is 2.24 bits per heavy atom. The van der Waals surface area contributed by atoms with Crippen LogP contribution in [0.5, 0.6) is 0 Å². The molecule has 0 fully saturated rings. The van der Waals surface area contributed by atoms with Crippen molar-refractivity contribution in [2.24, 2.45) is 4.99 Å². The monoisotopic (exact) mass is 279 g/mol. The number of hydrogen-bond donors (Lipinski definition) is 2. The molecule has 100 valence electrons. The molecular weight excluding hydrogens is 258 g/mol. The van der Waals surface area contributed by atoms with E-state index in [2.05, 4.69) is 22.0 Å². The lowest BCUT2D eigenvalue weighted by Crippen LogP contribution is -2.27. The first-order valence-corrected chi connectivity index (χ1v) is 8.68. The molecule has 1 heterocycles. The SMILES string of the molecule is CCCC1CN=C(NCCCNS(C)(=O)=O)S1. The average Bonchev–Trinajstić information content (AvgIpc) is 2.64. The van der Waals surface area contributed by atoms with Gasteiger partial charge in [0.25, 0.3) is 0 Å². The summed E-state index contributed by atoms with van der Waals surface area (Å²) in [6.07, 6.45) is 4.34. The third-order valence-corrected chi connectivity index (χ3v) is 4.26. The van der Waals surface area contributed by atoms with Crippen molar-refractivity contribution in [2.75, 3.05) is 25.9 Å². The number of rotatable bonds is 7. The van der Waals surface area contributed by atoms with Gasteiger partial charge in [0.1, 0.15) is 0 Å². The van der Waals surface area contributed by atoms with Gasteiger partial charge in [-0.15, -0.1) is 0 Å². The van der Waals surface area contributed by atoms with Gasteiger partial charge in [-0.1, -0.05) is 25.1 Å². The summed E-state index contributed by atoms with van der Waals surface area (Å²) in [5.74, 6) is 0. The van der Waals surface area contributed by atoms with Gasteiger partial charge in [-0.2, -0.15) is 0 Å². The molecule has 0 saturated carbocycles. The fourth-order valence-electron chi connectivity index (χ4n) is 1.53. The number of nitrogens with zero attached hydrogens (tertiary/aromatic N) is 1. The van der Waals surface area contributed by atoms with Crippen molar-refractivity contribution in [1.29, 1.82) is 0 Å². The van der Waals surface area contributed by atoms with E-state index in [0.717, 1.165) is 24.7 Å². The second-order valence-corrected chi connectivity index (χ2v) is 7.24. The van der Waals surface area contributed by atoms with Crippen molar-refractivity contribution in [1.82, 2.24) is 10.0 Å². The van der Waals surface area contributed by atoms with Crippen LogP contribution >= 0.6 is 11.8 Å². The van der Waals surface area contributed by atoms with Crippen LogP contribution in [0.2, 0.25) is 0 Å². The first-order valence-electron chi connectivity index (χ1n) is 5.91. The minimum Gasteiger partial charge on any atom is -0.365 e. The average molecular weight is 279 g/mol. The Morgan fingerprint density at radius 1 is 1.47 bits per heavy atom. The van der Waals surface area contributed by atoms with E-state index in [1.54, 1.807) is 11.8 Å². The minimum atomic E-state index is -3.05. The summed E-state index contributed by atoms with van der Waals surface area (Å²) in [5, 5.41) is 4.86. The van der Waals surface area contributed by atoms with E-state index in [0.29, 0.717) is 11.8 Å². The van der Waals surface area contributed by atoms with Gasteiger partial charge in [0.2, 0.25) is 10.0 Å². The molecule has 0 aliphatic carbocycles. The molecule has 5 nitrogen and oxygen atoms in total. The molecule has 0 aromatic rings. The van der Waals surface area contributed by atoms with Crippen LogP contribution in [0.4, 0.5) is 0 Å². The zero-order valence-corrected chi connectivity index (χ0v) is 12.0. The van der Waals surface area contributed by atoms with Gasteiger partial charge in [0, 0.05) is 18.3 Å². The van der Waals surface area contributed by atoms with E-state index in [9.17, 15) is 8.42 Å². The number of aliphatic imine (C=N–C) groups is 1. The Morgan fingerprint density at radius 3 is 2.88 bits per heavy atom. The Labute approximate surface area is 108 Å². The van der Waals surface area contributed by atoms with Crippen LogP contribution in [0.3, 0.4) is 0 Å². The molecule has 0 spiro atoms. The summed E-state index contributed by atoms with van der Waals surface area (Å²) in [5.41, 5.74) is 0. The van der Waals surface area contributed by atoms with E-state index in [4.69, 9.17) is 0 Å². The molecule has 0 aromatic carbocycles. The van der Waals surface area contributed by atoms with Crippen LogP contribution in [-0.2, 0) is 10.0 Å². The second kappa shape index (κ2) is 7.23. The Bertz CT molecular complexity index is 355. The van der Waals surface area contributed by atoms with Gasteiger partial charge in [0.15, 0.2) is 5.17 Å². The van der Waals surface area contributed by atoms with Crippen LogP contribution in [0.25, 0.3) is 0 Å². The molecular formula is C10H21N3O2S2. The molecule has 2 N–H and O–H groups in total. The lowest BCUT2D eigenvalue weighted by Gasteiger charge is -2.07. The molecule has 0 aromatic heterocycles. The number of nitrogens with one attached hydrogen (secondary N) is 2. The second-order valence-electron chi connectivity index (χ2n) is 4.12. The lowest BCUT2D eigenvalue weighted by molar-refractivity contribution is 0.585. The van der Waals surface area contributed by atoms with Crippen molar-refractivity contribution in [3.05, 3.63) is 0 Å². The number of sulfonamides is 1. The molecule has 0 amide bonds. The predicted octanol–water partition coefficient (Wildman–Crippen LogP) is 0.787. The first kappa shape index (κ1) is 14.8. The maximum atomic E-state index is 10.8. The number of amidine groups is 1. The topological polar surface area (TPSA) is 70.6 Å². The highest BCUT2D eigenvalue weighted by Crippen LogP contribution is 2.23. The molecule has 1 aliphatic rings. The summed E-state index contributed by atoms with van der Waals surface area (Å²) in [7, 11) is -3.05. The van der Waals surface area contributed by atoms with E-state index < -0.39 is 10.0 Å². The molecule has 0 radical (unpaired) electrons. The van der Waals surface area contributed by atoms with Gasteiger partial charge < -0.3 is 5.32 Å². The molecule has 7 heteroatoms.